The van der Waals surface area contributed by atoms with Crippen molar-refractivity contribution in [3.05, 3.63) is 63.7 Å². The number of carbonyl (C=O) groups is 2. The zero-order valence-corrected chi connectivity index (χ0v) is 15.3. The van der Waals surface area contributed by atoms with Gasteiger partial charge in [-0.15, -0.1) is 0 Å². The third-order valence-electron chi connectivity index (χ3n) is 4.57. The van der Waals surface area contributed by atoms with Gasteiger partial charge in [0.1, 0.15) is 11.7 Å². The maximum atomic E-state index is 12.5. The van der Waals surface area contributed by atoms with Crippen molar-refractivity contribution < 1.29 is 24.4 Å². The Bertz CT molecular complexity index is 976. The smallest absolute Gasteiger partial charge is 0.273 e. The molecule has 1 heterocycles. The van der Waals surface area contributed by atoms with E-state index in [0.717, 1.165) is 23.9 Å². The number of non-ortho nitro benzene ring substituents is 1. The highest BCUT2D eigenvalue weighted by Crippen LogP contribution is 2.31. The van der Waals surface area contributed by atoms with Crippen molar-refractivity contribution >= 4 is 23.7 Å². The molecule has 1 fully saturated rings. The predicted octanol–water partition coefficient (Wildman–Crippen LogP) is 0.657. The molecule has 2 amide bonds. The van der Waals surface area contributed by atoms with E-state index in [2.05, 4.69) is 15.8 Å². The molecule has 2 aromatic rings. The van der Waals surface area contributed by atoms with Crippen LogP contribution >= 0.6 is 0 Å². The SMILES string of the molecule is COc1cc([N+](=O)[O-])cc(C=NNC(=O)[C@@H]2C(=O)NC[C@H]2c2ccccc2)c1[O-]. The van der Waals surface area contributed by atoms with E-state index in [9.17, 15) is 24.8 Å². The monoisotopic (exact) mass is 397 g/mol. The molecule has 0 aromatic heterocycles. The van der Waals surface area contributed by atoms with Crippen LogP contribution in [0.25, 0.3) is 0 Å². The Morgan fingerprint density at radius 3 is 2.72 bits per heavy atom. The summed E-state index contributed by atoms with van der Waals surface area (Å²) >= 11 is 0. The molecule has 1 aliphatic rings. The van der Waals surface area contributed by atoms with Gasteiger partial charge in [-0.1, -0.05) is 36.1 Å². The number of hydrazone groups is 1. The first-order valence-corrected chi connectivity index (χ1v) is 8.61. The number of methoxy groups -OCH3 is 1. The maximum Gasteiger partial charge on any atom is 0.273 e. The summed E-state index contributed by atoms with van der Waals surface area (Å²) in [7, 11) is 1.21. The first-order valence-electron chi connectivity index (χ1n) is 8.61. The normalized spacial score (nSPS) is 18.4. The van der Waals surface area contributed by atoms with Crippen LogP contribution in [0.5, 0.6) is 11.5 Å². The second-order valence-corrected chi connectivity index (χ2v) is 6.30. The van der Waals surface area contributed by atoms with E-state index in [0.29, 0.717) is 6.54 Å². The summed E-state index contributed by atoms with van der Waals surface area (Å²) in [5.74, 6) is -3.24. The van der Waals surface area contributed by atoms with Crippen molar-refractivity contribution in [3.63, 3.8) is 0 Å². The zero-order chi connectivity index (χ0) is 21.0. The number of carbonyl (C=O) groups excluding carboxylic acids is 2. The Balaban J connectivity index is 1.78. The van der Waals surface area contributed by atoms with Gasteiger partial charge in [0.15, 0.2) is 0 Å². The lowest BCUT2D eigenvalue weighted by Gasteiger charge is -2.16. The highest BCUT2D eigenvalue weighted by Gasteiger charge is 2.40. The number of hydrogen-bond donors (Lipinski definition) is 2. The van der Waals surface area contributed by atoms with E-state index in [-0.39, 0.29) is 22.9 Å². The van der Waals surface area contributed by atoms with E-state index in [1.54, 1.807) is 0 Å². The largest absolute Gasteiger partial charge is 0.870 e. The summed E-state index contributed by atoms with van der Waals surface area (Å²) in [6.07, 6.45) is 0.986. The average Bonchev–Trinajstić information content (AvgIpc) is 3.11. The number of benzene rings is 2. The fourth-order valence-corrected chi connectivity index (χ4v) is 3.13. The molecule has 3 rings (SSSR count). The first kappa shape index (κ1) is 19.8. The highest BCUT2D eigenvalue weighted by molar-refractivity contribution is 6.03. The van der Waals surface area contributed by atoms with Crippen molar-refractivity contribution in [1.29, 1.82) is 0 Å². The summed E-state index contributed by atoms with van der Waals surface area (Å²) in [5.41, 5.74) is 2.58. The van der Waals surface area contributed by atoms with Crippen LogP contribution in [0.1, 0.15) is 17.0 Å². The van der Waals surface area contributed by atoms with Gasteiger partial charge in [0.2, 0.25) is 5.91 Å². The number of nitrogens with one attached hydrogen (secondary N) is 2. The lowest BCUT2D eigenvalue weighted by atomic mass is 9.88. The standard InChI is InChI=1S/C19H18N4O6/c1-29-15-8-13(23(27)28)7-12(17(15)24)9-21-22-19(26)16-14(10-20-18(16)25)11-5-3-2-4-6-11/h2-9,14,16,24H,10H2,1H3,(H,20,25)(H,22,26)/p-1/t14-,16-/m0/s1. The van der Waals surface area contributed by atoms with Gasteiger partial charge in [-0.25, -0.2) is 5.43 Å². The Kier molecular flexibility index (Phi) is 5.72. The summed E-state index contributed by atoms with van der Waals surface area (Å²) in [6.45, 7) is 0.317. The number of hydrogen-bond acceptors (Lipinski definition) is 7. The molecule has 0 saturated carbocycles. The minimum atomic E-state index is -0.985. The molecule has 10 nitrogen and oxygen atoms in total. The summed E-state index contributed by atoms with van der Waals surface area (Å²) < 4.78 is 4.84. The van der Waals surface area contributed by atoms with Crippen LogP contribution in [0.2, 0.25) is 0 Å². The summed E-state index contributed by atoms with van der Waals surface area (Å²) in [4.78, 5) is 35.0. The molecule has 0 bridgehead atoms. The lowest BCUT2D eigenvalue weighted by Crippen LogP contribution is -2.34. The number of nitro benzene ring substituents is 1. The Morgan fingerprint density at radius 2 is 2.07 bits per heavy atom. The van der Waals surface area contributed by atoms with E-state index in [4.69, 9.17) is 4.74 Å². The van der Waals surface area contributed by atoms with Gasteiger partial charge in [0.05, 0.1) is 24.3 Å². The first-order chi connectivity index (χ1) is 13.9. The maximum absolute atomic E-state index is 12.5. The zero-order valence-electron chi connectivity index (χ0n) is 15.3. The highest BCUT2D eigenvalue weighted by atomic mass is 16.6. The molecule has 0 spiro atoms. The van der Waals surface area contributed by atoms with Crippen molar-refractivity contribution in [2.24, 2.45) is 11.0 Å². The summed E-state index contributed by atoms with van der Waals surface area (Å²) in [6, 6.07) is 11.1. The van der Waals surface area contributed by atoms with Crippen LogP contribution in [0.3, 0.4) is 0 Å². The molecule has 1 aliphatic heterocycles. The molecule has 0 aliphatic carbocycles. The van der Waals surface area contributed by atoms with Crippen LogP contribution in [-0.2, 0) is 9.59 Å². The lowest BCUT2D eigenvalue weighted by molar-refractivity contribution is -0.385. The van der Waals surface area contributed by atoms with Gasteiger partial charge in [0, 0.05) is 18.5 Å². The van der Waals surface area contributed by atoms with Crippen LogP contribution in [0.15, 0.2) is 47.6 Å². The molecule has 2 atom stereocenters. The number of rotatable bonds is 6. The number of ether oxygens (including phenoxy) is 1. The topological polar surface area (TPSA) is 146 Å². The van der Waals surface area contributed by atoms with Crippen molar-refractivity contribution in [2.45, 2.75) is 5.92 Å². The third kappa shape index (κ3) is 4.15. The third-order valence-corrected chi connectivity index (χ3v) is 4.57. The Morgan fingerprint density at radius 1 is 1.34 bits per heavy atom. The fourth-order valence-electron chi connectivity index (χ4n) is 3.13. The molecule has 150 valence electrons. The molecular formula is C19H17N4O6-. The van der Waals surface area contributed by atoms with Gasteiger partial charge in [-0.3, -0.25) is 19.7 Å². The molecule has 0 unspecified atom stereocenters. The van der Waals surface area contributed by atoms with Crippen molar-refractivity contribution in [3.8, 4) is 11.5 Å². The quantitative estimate of drug-likeness (QED) is 0.317. The van der Waals surface area contributed by atoms with Gasteiger partial charge in [-0.2, -0.15) is 5.10 Å². The minimum absolute atomic E-state index is 0.133. The van der Waals surface area contributed by atoms with Crippen LogP contribution in [0.4, 0.5) is 5.69 Å². The van der Waals surface area contributed by atoms with E-state index < -0.39 is 28.4 Å². The molecule has 2 N–H and O–H groups in total. The predicted molar refractivity (Wildman–Crippen MR) is 101 cm³/mol. The summed E-state index contributed by atoms with van der Waals surface area (Å²) in [5, 5.41) is 29.5. The number of nitro groups is 1. The molecular weight excluding hydrogens is 380 g/mol. The second kappa shape index (κ2) is 8.38. The van der Waals surface area contributed by atoms with Crippen molar-refractivity contribution in [1.82, 2.24) is 10.7 Å². The van der Waals surface area contributed by atoms with Crippen LogP contribution < -0.4 is 20.6 Å². The molecule has 10 heteroatoms. The number of amides is 2. The van der Waals surface area contributed by atoms with E-state index >= 15 is 0 Å². The van der Waals surface area contributed by atoms with Gasteiger partial charge >= 0.3 is 0 Å². The molecule has 2 aromatic carbocycles. The van der Waals surface area contributed by atoms with Gasteiger partial charge < -0.3 is 15.2 Å². The minimum Gasteiger partial charge on any atom is -0.870 e. The number of nitrogens with zero attached hydrogens (tertiary/aromatic N) is 2. The second-order valence-electron chi connectivity index (χ2n) is 6.30. The van der Waals surface area contributed by atoms with Crippen molar-refractivity contribution in [2.75, 3.05) is 13.7 Å². The van der Waals surface area contributed by atoms with E-state index in [1.807, 2.05) is 30.3 Å². The Labute approximate surface area is 165 Å². The van der Waals surface area contributed by atoms with Gasteiger partial charge in [-0.05, 0) is 11.1 Å². The molecule has 1 saturated heterocycles. The Hall–Kier alpha value is -3.95. The van der Waals surface area contributed by atoms with Crippen LogP contribution in [0, 0.1) is 16.0 Å². The molecule has 0 radical (unpaired) electrons. The van der Waals surface area contributed by atoms with E-state index in [1.165, 1.54) is 7.11 Å². The molecule has 29 heavy (non-hydrogen) atoms. The van der Waals surface area contributed by atoms with Gasteiger partial charge in [0.25, 0.3) is 11.6 Å². The average molecular weight is 397 g/mol. The fraction of sp³-hybridized carbons (Fsp3) is 0.211. The van der Waals surface area contributed by atoms with Crippen LogP contribution in [-0.4, -0.2) is 36.6 Å².